The molecular weight excluding hydrogens is 380 g/mol. The van der Waals surface area contributed by atoms with Gasteiger partial charge in [0.15, 0.2) is 11.9 Å². The van der Waals surface area contributed by atoms with E-state index in [1.807, 2.05) is 18.2 Å². The third-order valence-corrected chi connectivity index (χ3v) is 7.72. The van der Waals surface area contributed by atoms with Gasteiger partial charge >= 0.3 is 5.97 Å². The lowest BCUT2D eigenvalue weighted by atomic mass is 9.51. The first-order valence-corrected chi connectivity index (χ1v) is 10.7. The number of hydrogen-bond acceptors (Lipinski definition) is 6. The van der Waals surface area contributed by atoms with Crippen LogP contribution in [0.2, 0.25) is 0 Å². The number of nitrogens with zero attached hydrogens (tertiary/aromatic N) is 2. The van der Waals surface area contributed by atoms with Gasteiger partial charge in [-0.2, -0.15) is 0 Å². The SMILES string of the molecule is CN1CC[C@]23c4c5ccc(C(=O)OCc6cccnc6)c4O[C@H]2C(=O)CC[C@H]3[C@H]1C5. The summed E-state index contributed by atoms with van der Waals surface area (Å²) >= 11 is 0. The summed E-state index contributed by atoms with van der Waals surface area (Å²) in [5.74, 6) is 0.755. The highest BCUT2D eigenvalue weighted by Crippen LogP contribution is 2.62. The largest absolute Gasteiger partial charge is 0.480 e. The highest BCUT2D eigenvalue weighted by Gasteiger charge is 2.65. The van der Waals surface area contributed by atoms with Crippen molar-refractivity contribution < 1.29 is 19.1 Å². The Labute approximate surface area is 175 Å². The molecule has 2 aromatic rings. The molecule has 1 saturated carbocycles. The molecule has 2 fully saturated rings. The number of hydrogen-bond donors (Lipinski definition) is 0. The zero-order valence-corrected chi connectivity index (χ0v) is 17.0. The van der Waals surface area contributed by atoms with Gasteiger partial charge in [0.25, 0.3) is 0 Å². The van der Waals surface area contributed by atoms with Gasteiger partial charge in [-0.15, -0.1) is 0 Å². The standard InChI is InChI=1S/C24H24N2O4/c1-26-10-8-24-17-6-7-19(27)22(24)30-21-16(5-4-15(20(21)24)11-18(17)26)23(28)29-13-14-3-2-9-25-12-14/h2-5,9,12,17-18,22H,6-8,10-11,13H2,1H3/t17-,18+,22-,24-/m0/s1. The molecule has 2 aliphatic carbocycles. The maximum atomic E-state index is 13.0. The highest BCUT2D eigenvalue weighted by atomic mass is 16.5. The summed E-state index contributed by atoms with van der Waals surface area (Å²) in [6.07, 6.45) is 6.22. The molecule has 4 aliphatic rings. The number of ketones is 1. The second kappa shape index (κ2) is 6.38. The molecule has 1 spiro atoms. The molecule has 0 amide bonds. The minimum absolute atomic E-state index is 0.159. The van der Waals surface area contributed by atoms with Gasteiger partial charge in [-0.1, -0.05) is 12.1 Å². The molecule has 1 saturated heterocycles. The molecule has 0 unspecified atom stereocenters. The minimum atomic E-state index is -0.464. The van der Waals surface area contributed by atoms with Crippen LogP contribution in [0.3, 0.4) is 0 Å². The average molecular weight is 404 g/mol. The van der Waals surface area contributed by atoms with E-state index < -0.39 is 12.1 Å². The maximum absolute atomic E-state index is 13.0. The second-order valence-corrected chi connectivity index (χ2v) is 9.07. The summed E-state index contributed by atoms with van der Waals surface area (Å²) in [6.45, 7) is 1.11. The molecule has 6 rings (SSSR count). The van der Waals surface area contributed by atoms with E-state index in [1.165, 1.54) is 5.56 Å². The third kappa shape index (κ3) is 2.31. The van der Waals surface area contributed by atoms with Crippen molar-refractivity contribution in [2.45, 2.75) is 49.9 Å². The molecule has 154 valence electrons. The van der Waals surface area contributed by atoms with Crippen molar-refractivity contribution in [1.29, 1.82) is 0 Å². The lowest BCUT2D eigenvalue weighted by Crippen LogP contribution is -2.65. The van der Waals surface area contributed by atoms with Crippen molar-refractivity contribution in [3.8, 4) is 5.75 Å². The van der Waals surface area contributed by atoms with Gasteiger partial charge in [0, 0.05) is 41.4 Å². The van der Waals surface area contributed by atoms with Crippen molar-refractivity contribution in [2.24, 2.45) is 5.92 Å². The number of carbonyl (C=O) groups excluding carboxylic acids is 2. The summed E-state index contributed by atoms with van der Waals surface area (Å²) in [4.78, 5) is 32.4. The van der Waals surface area contributed by atoms with Gasteiger partial charge in [0.2, 0.25) is 0 Å². The number of piperidine rings is 1. The van der Waals surface area contributed by atoms with Crippen LogP contribution in [0.25, 0.3) is 0 Å². The van der Waals surface area contributed by atoms with Gasteiger partial charge in [-0.05, 0) is 56.5 Å². The fourth-order valence-corrected chi connectivity index (χ4v) is 6.41. The van der Waals surface area contributed by atoms with E-state index in [4.69, 9.17) is 9.47 Å². The summed E-state index contributed by atoms with van der Waals surface area (Å²) in [5.41, 5.74) is 3.33. The first-order valence-electron chi connectivity index (χ1n) is 10.7. The van der Waals surface area contributed by atoms with E-state index in [-0.39, 0.29) is 17.8 Å². The van der Waals surface area contributed by atoms with Crippen LogP contribution in [0.4, 0.5) is 0 Å². The number of pyridine rings is 1. The fourth-order valence-electron chi connectivity index (χ4n) is 6.41. The third-order valence-electron chi connectivity index (χ3n) is 7.72. The first-order chi connectivity index (χ1) is 14.6. The maximum Gasteiger partial charge on any atom is 0.342 e. The normalized spacial score (nSPS) is 31.1. The Morgan fingerprint density at radius 1 is 1.37 bits per heavy atom. The predicted molar refractivity (Wildman–Crippen MR) is 108 cm³/mol. The van der Waals surface area contributed by atoms with Crippen LogP contribution < -0.4 is 4.74 Å². The summed E-state index contributed by atoms with van der Waals surface area (Å²) in [5, 5.41) is 0. The lowest BCUT2D eigenvalue weighted by Gasteiger charge is -2.57. The topological polar surface area (TPSA) is 68.7 Å². The Kier molecular flexibility index (Phi) is 3.84. The number of aromatic nitrogens is 1. The number of Topliss-reactive ketones (excluding diaryl/α,β-unsaturated/α-hetero) is 1. The molecule has 2 aliphatic heterocycles. The van der Waals surface area contributed by atoms with E-state index in [0.29, 0.717) is 29.7 Å². The molecule has 0 N–H and O–H groups in total. The van der Waals surface area contributed by atoms with E-state index in [1.54, 1.807) is 12.4 Å². The zero-order chi connectivity index (χ0) is 20.5. The van der Waals surface area contributed by atoms with Crippen molar-refractivity contribution in [3.05, 3.63) is 58.9 Å². The lowest BCUT2D eigenvalue weighted by molar-refractivity contribution is -0.138. The number of carbonyl (C=O) groups is 2. The van der Waals surface area contributed by atoms with Crippen LogP contribution in [-0.2, 0) is 28.0 Å². The molecule has 6 nitrogen and oxygen atoms in total. The van der Waals surface area contributed by atoms with Crippen LogP contribution in [0.1, 0.15) is 46.3 Å². The monoisotopic (exact) mass is 404 g/mol. The van der Waals surface area contributed by atoms with Gasteiger partial charge in [-0.3, -0.25) is 9.78 Å². The van der Waals surface area contributed by atoms with E-state index in [9.17, 15) is 9.59 Å². The van der Waals surface area contributed by atoms with Gasteiger partial charge in [0.05, 0.1) is 0 Å². The van der Waals surface area contributed by atoms with Crippen LogP contribution >= 0.6 is 0 Å². The molecule has 1 aromatic heterocycles. The van der Waals surface area contributed by atoms with Gasteiger partial charge in [0.1, 0.15) is 17.9 Å². The van der Waals surface area contributed by atoms with E-state index >= 15 is 0 Å². The van der Waals surface area contributed by atoms with E-state index in [0.717, 1.165) is 36.9 Å². The first kappa shape index (κ1) is 18.1. The zero-order valence-electron chi connectivity index (χ0n) is 17.0. The van der Waals surface area contributed by atoms with Crippen LogP contribution in [-0.4, -0.2) is 47.4 Å². The van der Waals surface area contributed by atoms with Crippen molar-refractivity contribution >= 4 is 11.8 Å². The molecule has 0 radical (unpaired) electrons. The average Bonchev–Trinajstić information content (AvgIpc) is 3.12. The number of benzene rings is 1. The second-order valence-electron chi connectivity index (χ2n) is 9.07. The van der Waals surface area contributed by atoms with Gasteiger partial charge in [-0.25, -0.2) is 4.79 Å². The molecule has 1 aromatic carbocycles. The molecule has 4 atom stereocenters. The number of likely N-dealkylation sites (tertiary alicyclic amines) is 1. The number of esters is 1. The van der Waals surface area contributed by atoms with Crippen LogP contribution in [0.15, 0.2) is 36.7 Å². The van der Waals surface area contributed by atoms with Crippen LogP contribution in [0.5, 0.6) is 5.75 Å². The highest BCUT2D eigenvalue weighted by molar-refractivity contribution is 5.96. The fraction of sp³-hybridized carbons (Fsp3) is 0.458. The molecule has 6 heteroatoms. The van der Waals surface area contributed by atoms with Crippen LogP contribution in [0, 0.1) is 5.92 Å². The number of rotatable bonds is 3. The molecule has 2 bridgehead atoms. The Bertz CT molecular complexity index is 1050. The molecule has 30 heavy (non-hydrogen) atoms. The smallest absolute Gasteiger partial charge is 0.342 e. The van der Waals surface area contributed by atoms with Crippen molar-refractivity contribution in [1.82, 2.24) is 9.88 Å². The summed E-state index contributed by atoms with van der Waals surface area (Å²) < 4.78 is 11.9. The predicted octanol–water partition coefficient (Wildman–Crippen LogP) is 2.68. The quantitative estimate of drug-likeness (QED) is 0.733. The molecule has 3 heterocycles. The van der Waals surface area contributed by atoms with E-state index in [2.05, 4.69) is 23.0 Å². The molecular formula is C24H24N2O4. The number of ether oxygens (including phenoxy) is 2. The van der Waals surface area contributed by atoms with Crippen molar-refractivity contribution in [3.63, 3.8) is 0 Å². The summed E-state index contributed by atoms with van der Waals surface area (Å²) in [7, 11) is 2.19. The Balaban J connectivity index is 1.41. The Hall–Kier alpha value is -2.73. The summed E-state index contributed by atoms with van der Waals surface area (Å²) in [6, 6.07) is 7.98. The van der Waals surface area contributed by atoms with Crippen molar-refractivity contribution in [2.75, 3.05) is 13.6 Å². The minimum Gasteiger partial charge on any atom is -0.480 e. The van der Waals surface area contributed by atoms with Gasteiger partial charge < -0.3 is 14.4 Å². The number of likely N-dealkylation sites (N-methyl/N-ethyl adjacent to an activating group) is 1. The Morgan fingerprint density at radius 3 is 3.10 bits per heavy atom. The Morgan fingerprint density at radius 2 is 2.27 bits per heavy atom.